The summed E-state index contributed by atoms with van der Waals surface area (Å²) in [4.78, 5) is 0. The highest BCUT2D eigenvalue weighted by atomic mass is 16.5. The second-order valence-corrected chi connectivity index (χ2v) is 5.28. The molecular weight excluding hydrogens is 216 g/mol. The molecule has 0 aliphatic carbocycles. The quantitative estimate of drug-likeness (QED) is 0.485. The van der Waals surface area contributed by atoms with Crippen LogP contribution >= 0.6 is 0 Å². The topological polar surface area (TPSA) is 27.7 Å². The first-order valence-corrected chi connectivity index (χ1v) is 6.15. The normalized spacial score (nSPS) is 15.6. The number of hydrogen-bond donors (Lipinski definition) is 0. The van der Waals surface area contributed by atoms with Gasteiger partial charge in [0.1, 0.15) is 5.60 Å². The first-order valence-electron chi connectivity index (χ1n) is 6.15. The molecule has 1 atom stereocenters. The Morgan fingerprint density at radius 2 is 1.71 bits per heavy atom. The van der Waals surface area contributed by atoms with Crippen LogP contribution in [0.5, 0.6) is 0 Å². The van der Waals surface area contributed by atoms with E-state index in [-0.39, 0.29) is 5.41 Å². The Hall–Kier alpha value is -0.380. The lowest BCUT2D eigenvalue weighted by Crippen LogP contribution is -2.50. The summed E-state index contributed by atoms with van der Waals surface area (Å²) in [5.74, 6) is 0. The third-order valence-corrected chi connectivity index (χ3v) is 3.29. The van der Waals surface area contributed by atoms with Crippen molar-refractivity contribution in [3.05, 3.63) is 12.2 Å². The molecule has 0 rings (SSSR count). The van der Waals surface area contributed by atoms with Crippen molar-refractivity contribution in [3.8, 4) is 0 Å². The molecule has 0 aromatic carbocycles. The van der Waals surface area contributed by atoms with Crippen molar-refractivity contribution in [2.45, 2.75) is 39.7 Å². The van der Waals surface area contributed by atoms with E-state index in [0.29, 0.717) is 19.8 Å². The average Bonchev–Trinajstić information content (AvgIpc) is 2.27. The molecule has 0 heterocycles. The van der Waals surface area contributed by atoms with Crippen molar-refractivity contribution < 1.29 is 14.2 Å². The smallest absolute Gasteiger partial charge is 0.116 e. The minimum atomic E-state index is -0.435. The summed E-state index contributed by atoms with van der Waals surface area (Å²) in [5.41, 5.74) is 0.585. The highest BCUT2D eigenvalue weighted by Gasteiger charge is 2.44. The van der Waals surface area contributed by atoms with Crippen molar-refractivity contribution in [3.63, 3.8) is 0 Å². The van der Waals surface area contributed by atoms with Crippen molar-refractivity contribution in [1.29, 1.82) is 0 Å². The van der Waals surface area contributed by atoms with Gasteiger partial charge in [0.25, 0.3) is 0 Å². The number of ether oxygens (including phenoxy) is 3. The largest absolute Gasteiger partial charge is 0.382 e. The van der Waals surface area contributed by atoms with Crippen LogP contribution in [0.15, 0.2) is 12.2 Å². The molecule has 0 bridgehead atoms. The number of rotatable bonds is 8. The predicted octanol–water partition coefficient (Wildman–Crippen LogP) is 3.05. The lowest BCUT2D eigenvalue weighted by Gasteiger charge is -2.44. The van der Waals surface area contributed by atoms with Gasteiger partial charge in [-0.25, -0.2) is 0 Å². The average molecular weight is 244 g/mol. The fourth-order valence-corrected chi connectivity index (χ4v) is 2.00. The van der Waals surface area contributed by atoms with Gasteiger partial charge in [0.2, 0.25) is 0 Å². The molecule has 0 aliphatic rings. The zero-order valence-corrected chi connectivity index (χ0v) is 12.3. The van der Waals surface area contributed by atoms with Gasteiger partial charge in [-0.15, -0.1) is 0 Å². The SMILES string of the molecule is C=C(CC)C(COCCOC)(OC)C(C)(C)C. The second kappa shape index (κ2) is 7.14. The summed E-state index contributed by atoms with van der Waals surface area (Å²) in [6.45, 7) is 14.4. The maximum atomic E-state index is 5.77. The van der Waals surface area contributed by atoms with Crippen LogP contribution in [0.2, 0.25) is 0 Å². The zero-order valence-electron chi connectivity index (χ0n) is 12.3. The van der Waals surface area contributed by atoms with Gasteiger partial charge in [-0.1, -0.05) is 34.3 Å². The third kappa shape index (κ3) is 4.09. The van der Waals surface area contributed by atoms with Gasteiger partial charge in [-0.3, -0.25) is 0 Å². The fourth-order valence-electron chi connectivity index (χ4n) is 2.00. The predicted molar refractivity (Wildman–Crippen MR) is 71.3 cm³/mol. The standard InChI is InChI=1S/C14H28O3/c1-8-12(2)14(16-7,13(3,4)5)11-17-10-9-15-6/h2,8-11H2,1,3-7H3. The zero-order chi connectivity index (χ0) is 13.5. The first-order chi connectivity index (χ1) is 7.85. The van der Waals surface area contributed by atoms with Gasteiger partial charge >= 0.3 is 0 Å². The molecule has 0 N–H and O–H groups in total. The number of hydrogen-bond acceptors (Lipinski definition) is 3. The van der Waals surface area contributed by atoms with Crippen LogP contribution in [-0.4, -0.2) is 39.6 Å². The Morgan fingerprint density at radius 1 is 1.12 bits per heavy atom. The molecule has 0 saturated carbocycles. The van der Waals surface area contributed by atoms with E-state index in [4.69, 9.17) is 14.2 Å². The molecule has 0 fully saturated rings. The van der Waals surface area contributed by atoms with Crippen molar-refractivity contribution in [1.82, 2.24) is 0 Å². The molecule has 102 valence electrons. The lowest BCUT2D eigenvalue weighted by atomic mass is 9.71. The van der Waals surface area contributed by atoms with E-state index in [1.807, 2.05) is 0 Å². The Morgan fingerprint density at radius 3 is 2.06 bits per heavy atom. The molecule has 3 heteroatoms. The van der Waals surface area contributed by atoms with E-state index in [9.17, 15) is 0 Å². The Bertz CT molecular complexity index is 230. The molecule has 0 amide bonds. The minimum Gasteiger partial charge on any atom is -0.382 e. The Labute approximate surface area is 106 Å². The summed E-state index contributed by atoms with van der Waals surface area (Å²) in [7, 11) is 3.40. The first kappa shape index (κ1) is 16.6. The van der Waals surface area contributed by atoms with Gasteiger partial charge in [0.15, 0.2) is 0 Å². The van der Waals surface area contributed by atoms with Gasteiger partial charge in [0, 0.05) is 14.2 Å². The summed E-state index contributed by atoms with van der Waals surface area (Å²) >= 11 is 0. The number of methoxy groups -OCH3 is 2. The highest BCUT2D eigenvalue weighted by Crippen LogP contribution is 2.40. The van der Waals surface area contributed by atoms with Crippen LogP contribution in [-0.2, 0) is 14.2 Å². The van der Waals surface area contributed by atoms with E-state index in [1.54, 1.807) is 14.2 Å². The molecule has 0 aromatic rings. The van der Waals surface area contributed by atoms with Crippen LogP contribution in [0.3, 0.4) is 0 Å². The molecular formula is C14H28O3. The second-order valence-electron chi connectivity index (χ2n) is 5.28. The summed E-state index contributed by atoms with van der Waals surface area (Å²) in [5, 5.41) is 0. The molecule has 0 saturated heterocycles. The van der Waals surface area contributed by atoms with E-state index < -0.39 is 5.60 Å². The summed E-state index contributed by atoms with van der Waals surface area (Å²) in [6.07, 6.45) is 0.888. The molecule has 0 spiro atoms. The lowest BCUT2D eigenvalue weighted by molar-refractivity contribution is -0.117. The van der Waals surface area contributed by atoms with Crippen LogP contribution in [0.25, 0.3) is 0 Å². The monoisotopic (exact) mass is 244 g/mol. The van der Waals surface area contributed by atoms with E-state index in [2.05, 4.69) is 34.3 Å². The van der Waals surface area contributed by atoms with Gasteiger partial charge in [-0.2, -0.15) is 0 Å². The summed E-state index contributed by atoms with van der Waals surface area (Å²) < 4.78 is 16.4. The van der Waals surface area contributed by atoms with Gasteiger partial charge in [0.05, 0.1) is 19.8 Å². The fraction of sp³-hybridized carbons (Fsp3) is 0.857. The van der Waals surface area contributed by atoms with Crippen molar-refractivity contribution >= 4 is 0 Å². The van der Waals surface area contributed by atoms with Gasteiger partial charge in [-0.05, 0) is 17.4 Å². The molecule has 3 nitrogen and oxygen atoms in total. The van der Waals surface area contributed by atoms with Crippen LogP contribution in [0, 0.1) is 5.41 Å². The molecule has 0 aliphatic heterocycles. The molecule has 17 heavy (non-hydrogen) atoms. The Balaban J connectivity index is 4.77. The van der Waals surface area contributed by atoms with Gasteiger partial charge < -0.3 is 14.2 Å². The van der Waals surface area contributed by atoms with E-state index >= 15 is 0 Å². The molecule has 0 radical (unpaired) electrons. The van der Waals surface area contributed by atoms with Crippen LogP contribution < -0.4 is 0 Å². The third-order valence-electron chi connectivity index (χ3n) is 3.29. The van der Waals surface area contributed by atoms with Crippen LogP contribution in [0.1, 0.15) is 34.1 Å². The van der Waals surface area contributed by atoms with Crippen molar-refractivity contribution in [2.75, 3.05) is 34.0 Å². The molecule has 0 aromatic heterocycles. The minimum absolute atomic E-state index is 0.0537. The maximum Gasteiger partial charge on any atom is 0.116 e. The maximum absolute atomic E-state index is 5.77. The van der Waals surface area contributed by atoms with E-state index in [1.165, 1.54) is 0 Å². The highest BCUT2D eigenvalue weighted by molar-refractivity contribution is 5.18. The summed E-state index contributed by atoms with van der Waals surface area (Å²) in [6, 6.07) is 0. The van der Waals surface area contributed by atoms with Crippen molar-refractivity contribution in [2.24, 2.45) is 5.41 Å². The Kier molecular flexibility index (Phi) is 6.98. The molecule has 1 unspecified atom stereocenters. The van der Waals surface area contributed by atoms with Crippen LogP contribution in [0.4, 0.5) is 0 Å². The van der Waals surface area contributed by atoms with E-state index in [0.717, 1.165) is 12.0 Å².